The molecule has 0 heterocycles. The molecule has 2 nitrogen and oxygen atoms in total. The summed E-state index contributed by atoms with van der Waals surface area (Å²) in [7, 11) is 0. The van der Waals surface area contributed by atoms with Crippen LogP contribution in [0.15, 0.2) is 23.8 Å². The molecule has 0 saturated carbocycles. The lowest BCUT2D eigenvalue weighted by Gasteiger charge is -2.28. The van der Waals surface area contributed by atoms with Crippen molar-refractivity contribution in [1.82, 2.24) is 0 Å². The molecule has 17 heavy (non-hydrogen) atoms. The van der Waals surface area contributed by atoms with Gasteiger partial charge in [-0.05, 0) is 44.9 Å². The highest BCUT2D eigenvalue weighted by Gasteiger charge is 2.27. The number of aliphatic hydroxyl groups is 2. The topological polar surface area (TPSA) is 40.5 Å². The predicted octanol–water partition coefficient (Wildman–Crippen LogP) is 3.06. The van der Waals surface area contributed by atoms with Gasteiger partial charge < -0.3 is 10.2 Å². The summed E-state index contributed by atoms with van der Waals surface area (Å²) < 4.78 is 0. The molecule has 0 aliphatic heterocycles. The minimum absolute atomic E-state index is 0.468. The van der Waals surface area contributed by atoms with Crippen LogP contribution in [-0.2, 0) is 0 Å². The van der Waals surface area contributed by atoms with Crippen LogP contribution >= 0.6 is 0 Å². The largest absolute Gasteiger partial charge is 0.389 e. The maximum absolute atomic E-state index is 10.2. The molecule has 1 rings (SSSR count). The molecule has 3 atom stereocenters. The van der Waals surface area contributed by atoms with Crippen molar-refractivity contribution < 1.29 is 10.2 Å². The molecular weight excluding hydrogens is 212 g/mol. The summed E-state index contributed by atoms with van der Waals surface area (Å²) in [6.45, 7) is 8.18. The van der Waals surface area contributed by atoms with Crippen LogP contribution in [0.4, 0.5) is 0 Å². The molecule has 0 aromatic rings. The summed E-state index contributed by atoms with van der Waals surface area (Å²) >= 11 is 0. The van der Waals surface area contributed by atoms with E-state index in [1.807, 2.05) is 0 Å². The van der Waals surface area contributed by atoms with Crippen molar-refractivity contribution in [2.24, 2.45) is 11.8 Å². The maximum atomic E-state index is 10.2. The van der Waals surface area contributed by atoms with Crippen LogP contribution in [0.25, 0.3) is 0 Å². The third kappa shape index (κ3) is 4.29. The molecule has 0 radical (unpaired) electrons. The van der Waals surface area contributed by atoms with Crippen LogP contribution in [0.5, 0.6) is 0 Å². The standard InChI is InChI=1S/C15H26O2/c1-11(2)13-7-5-12(3)6-8-14(16)15(4,17)10-9-13/h6,9-11,13-14,16-17H,5,7-8H2,1-4H3. The lowest BCUT2D eigenvalue weighted by Crippen LogP contribution is -2.37. The Balaban J connectivity index is 2.91. The van der Waals surface area contributed by atoms with Gasteiger partial charge in [0.1, 0.15) is 5.60 Å². The third-order valence-corrected chi connectivity index (χ3v) is 3.77. The zero-order valence-corrected chi connectivity index (χ0v) is 11.5. The molecule has 0 aromatic heterocycles. The van der Waals surface area contributed by atoms with E-state index in [-0.39, 0.29) is 0 Å². The average molecular weight is 238 g/mol. The normalized spacial score (nSPS) is 35.8. The minimum atomic E-state index is -1.12. The fraction of sp³-hybridized carbons (Fsp3) is 0.733. The first-order valence-electron chi connectivity index (χ1n) is 6.58. The molecule has 0 bridgehead atoms. The quantitative estimate of drug-likeness (QED) is 0.689. The number of hydrogen-bond acceptors (Lipinski definition) is 2. The SMILES string of the molecule is CC1=CCC(O)C(C)(O)C=CC(C(C)C)CC1. The molecular formula is C15H26O2. The summed E-state index contributed by atoms with van der Waals surface area (Å²) in [5, 5.41) is 20.1. The van der Waals surface area contributed by atoms with Gasteiger partial charge >= 0.3 is 0 Å². The van der Waals surface area contributed by atoms with Gasteiger partial charge in [0.15, 0.2) is 0 Å². The van der Waals surface area contributed by atoms with E-state index in [2.05, 4.69) is 32.9 Å². The van der Waals surface area contributed by atoms with Crippen LogP contribution in [0.3, 0.4) is 0 Å². The molecule has 2 N–H and O–H groups in total. The molecule has 0 fully saturated rings. The van der Waals surface area contributed by atoms with Gasteiger partial charge in [-0.2, -0.15) is 0 Å². The van der Waals surface area contributed by atoms with Crippen molar-refractivity contribution in [2.75, 3.05) is 0 Å². The van der Waals surface area contributed by atoms with Crippen molar-refractivity contribution in [2.45, 2.75) is 58.7 Å². The highest BCUT2D eigenvalue weighted by Crippen LogP contribution is 2.26. The van der Waals surface area contributed by atoms with Gasteiger partial charge in [0.2, 0.25) is 0 Å². The zero-order valence-electron chi connectivity index (χ0n) is 11.5. The molecule has 1 aliphatic carbocycles. The van der Waals surface area contributed by atoms with Gasteiger partial charge in [-0.25, -0.2) is 0 Å². The van der Waals surface area contributed by atoms with Gasteiger partial charge in [0.25, 0.3) is 0 Å². The first-order chi connectivity index (χ1) is 7.83. The first-order valence-corrected chi connectivity index (χ1v) is 6.58. The van der Waals surface area contributed by atoms with Gasteiger partial charge in [-0.3, -0.25) is 0 Å². The van der Waals surface area contributed by atoms with Crippen LogP contribution in [-0.4, -0.2) is 21.9 Å². The molecule has 2 heteroatoms. The number of rotatable bonds is 1. The molecule has 1 aliphatic rings. The summed E-state index contributed by atoms with van der Waals surface area (Å²) in [5.41, 5.74) is 0.183. The van der Waals surface area contributed by atoms with E-state index in [9.17, 15) is 10.2 Å². The zero-order chi connectivity index (χ0) is 13.1. The van der Waals surface area contributed by atoms with Crippen molar-refractivity contribution in [3.63, 3.8) is 0 Å². The van der Waals surface area contributed by atoms with E-state index in [0.717, 1.165) is 12.8 Å². The minimum Gasteiger partial charge on any atom is -0.389 e. The lowest BCUT2D eigenvalue weighted by atomic mass is 9.85. The van der Waals surface area contributed by atoms with Crippen molar-refractivity contribution in [3.05, 3.63) is 23.8 Å². The molecule has 0 aromatic carbocycles. The Morgan fingerprint density at radius 3 is 2.65 bits per heavy atom. The van der Waals surface area contributed by atoms with Gasteiger partial charge in [-0.15, -0.1) is 0 Å². The Morgan fingerprint density at radius 1 is 1.41 bits per heavy atom. The first kappa shape index (κ1) is 14.5. The van der Waals surface area contributed by atoms with Crippen LogP contribution < -0.4 is 0 Å². The number of aliphatic hydroxyl groups excluding tert-OH is 1. The second kappa shape index (κ2) is 5.83. The summed E-state index contributed by atoms with van der Waals surface area (Å²) in [6, 6.07) is 0. The van der Waals surface area contributed by atoms with Crippen molar-refractivity contribution >= 4 is 0 Å². The monoisotopic (exact) mass is 238 g/mol. The molecule has 0 amide bonds. The second-order valence-corrected chi connectivity index (χ2v) is 5.83. The molecule has 98 valence electrons. The second-order valence-electron chi connectivity index (χ2n) is 5.83. The van der Waals surface area contributed by atoms with Gasteiger partial charge in [0, 0.05) is 0 Å². The predicted molar refractivity (Wildman–Crippen MR) is 71.7 cm³/mol. The Hall–Kier alpha value is -0.600. The highest BCUT2D eigenvalue weighted by molar-refractivity contribution is 5.10. The van der Waals surface area contributed by atoms with Gasteiger partial charge in [0.05, 0.1) is 6.10 Å². The molecule has 0 saturated heterocycles. The Labute approximate surface area is 105 Å². The van der Waals surface area contributed by atoms with E-state index in [1.165, 1.54) is 5.57 Å². The van der Waals surface area contributed by atoms with E-state index in [4.69, 9.17) is 0 Å². The average Bonchev–Trinajstić information content (AvgIpc) is 2.24. The van der Waals surface area contributed by atoms with E-state index in [1.54, 1.807) is 13.0 Å². The van der Waals surface area contributed by atoms with Crippen LogP contribution in [0.2, 0.25) is 0 Å². The van der Waals surface area contributed by atoms with E-state index >= 15 is 0 Å². The maximum Gasteiger partial charge on any atom is 0.106 e. The summed E-state index contributed by atoms with van der Waals surface area (Å²) in [5.74, 6) is 1.03. The van der Waals surface area contributed by atoms with E-state index < -0.39 is 11.7 Å². The summed E-state index contributed by atoms with van der Waals surface area (Å²) in [4.78, 5) is 0. The summed E-state index contributed by atoms with van der Waals surface area (Å²) in [6.07, 6.45) is 7.89. The lowest BCUT2D eigenvalue weighted by molar-refractivity contribution is -0.0245. The van der Waals surface area contributed by atoms with Gasteiger partial charge in [-0.1, -0.05) is 37.6 Å². The Kier molecular flexibility index (Phi) is 4.96. The number of allylic oxidation sites excluding steroid dienone is 2. The molecule has 0 spiro atoms. The van der Waals surface area contributed by atoms with Crippen molar-refractivity contribution in [3.8, 4) is 0 Å². The van der Waals surface area contributed by atoms with Crippen LogP contribution in [0, 0.1) is 11.8 Å². The van der Waals surface area contributed by atoms with E-state index in [0.29, 0.717) is 18.3 Å². The van der Waals surface area contributed by atoms with Crippen LogP contribution in [0.1, 0.15) is 47.0 Å². The fourth-order valence-corrected chi connectivity index (χ4v) is 2.13. The Morgan fingerprint density at radius 2 is 2.06 bits per heavy atom. The number of hydrogen-bond donors (Lipinski definition) is 2. The fourth-order valence-electron chi connectivity index (χ4n) is 2.13. The third-order valence-electron chi connectivity index (χ3n) is 3.77. The van der Waals surface area contributed by atoms with Crippen molar-refractivity contribution in [1.29, 1.82) is 0 Å². The smallest absolute Gasteiger partial charge is 0.106 e. The molecule has 3 unspecified atom stereocenters. The highest BCUT2D eigenvalue weighted by atomic mass is 16.3. The Bertz CT molecular complexity index is 300.